The van der Waals surface area contributed by atoms with Gasteiger partial charge in [0.25, 0.3) is 0 Å². The predicted molar refractivity (Wildman–Crippen MR) is 112 cm³/mol. The van der Waals surface area contributed by atoms with Crippen molar-refractivity contribution in [1.82, 2.24) is 4.90 Å². The number of carbonyl (C=O) groups is 3. The third-order valence-corrected chi connectivity index (χ3v) is 5.11. The minimum atomic E-state index is -1.08. The number of amides is 2. The second-order valence-electron chi connectivity index (χ2n) is 7.53. The molecule has 1 fully saturated rings. The molecule has 1 aliphatic rings. The highest BCUT2D eigenvalue weighted by Crippen LogP contribution is 2.21. The molecule has 28 heavy (non-hydrogen) atoms. The summed E-state index contributed by atoms with van der Waals surface area (Å²) in [6, 6.07) is -0.960. The molecule has 2 amide bonds. The Labute approximate surface area is 169 Å². The van der Waals surface area contributed by atoms with E-state index in [2.05, 4.69) is 31.2 Å². The molecule has 0 aliphatic carbocycles. The molecule has 1 N–H and O–H groups in total. The van der Waals surface area contributed by atoms with Crippen LogP contribution >= 0.6 is 0 Å². The van der Waals surface area contributed by atoms with Crippen LogP contribution in [0.15, 0.2) is 24.3 Å². The topological polar surface area (TPSA) is 74.7 Å². The molecule has 0 radical (unpaired) electrons. The van der Waals surface area contributed by atoms with Gasteiger partial charge in [0.1, 0.15) is 6.04 Å². The molecule has 0 aromatic heterocycles. The predicted octanol–water partition coefficient (Wildman–Crippen LogP) is 5.40. The van der Waals surface area contributed by atoms with Crippen molar-refractivity contribution in [3.8, 4) is 0 Å². The van der Waals surface area contributed by atoms with Gasteiger partial charge in [-0.25, -0.2) is 4.79 Å². The van der Waals surface area contributed by atoms with Gasteiger partial charge in [0.15, 0.2) is 0 Å². The van der Waals surface area contributed by atoms with E-state index in [1.807, 2.05) is 0 Å². The number of rotatable bonds is 15. The Balaban J connectivity index is 2.00. The molecule has 1 heterocycles. The molecule has 5 heteroatoms. The van der Waals surface area contributed by atoms with Crippen molar-refractivity contribution in [2.24, 2.45) is 0 Å². The van der Waals surface area contributed by atoms with E-state index < -0.39 is 12.0 Å². The lowest BCUT2D eigenvalue weighted by atomic mass is 10.1. The zero-order valence-corrected chi connectivity index (χ0v) is 17.4. The zero-order chi connectivity index (χ0) is 20.6. The highest BCUT2D eigenvalue weighted by Gasteiger charge is 2.39. The van der Waals surface area contributed by atoms with Crippen LogP contribution in [0.25, 0.3) is 0 Å². The number of carboxylic acids is 1. The molecule has 1 unspecified atom stereocenters. The Morgan fingerprint density at radius 1 is 0.964 bits per heavy atom. The molecule has 0 bridgehead atoms. The number of aliphatic carboxylic acids is 1. The van der Waals surface area contributed by atoms with Crippen LogP contribution in [0.3, 0.4) is 0 Å². The van der Waals surface area contributed by atoms with Crippen molar-refractivity contribution in [3.63, 3.8) is 0 Å². The summed E-state index contributed by atoms with van der Waals surface area (Å²) in [5.74, 6) is -1.76. The molecule has 0 aromatic carbocycles. The van der Waals surface area contributed by atoms with E-state index in [0.717, 1.165) is 43.4 Å². The highest BCUT2D eigenvalue weighted by molar-refractivity contribution is 6.01. The number of likely N-dealkylation sites (tertiary alicyclic amines) is 1. The minimum Gasteiger partial charge on any atom is -0.480 e. The first-order valence-electron chi connectivity index (χ1n) is 11.0. The largest absolute Gasteiger partial charge is 0.480 e. The van der Waals surface area contributed by atoms with Crippen LogP contribution in [0, 0.1) is 0 Å². The third-order valence-electron chi connectivity index (χ3n) is 5.11. The van der Waals surface area contributed by atoms with E-state index in [-0.39, 0.29) is 31.1 Å². The van der Waals surface area contributed by atoms with Crippen LogP contribution in [0.4, 0.5) is 0 Å². The van der Waals surface area contributed by atoms with E-state index in [1.165, 1.54) is 25.7 Å². The summed E-state index contributed by atoms with van der Waals surface area (Å²) in [6.45, 7) is 2.22. The van der Waals surface area contributed by atoms with Crippen LogP contribution in [-0.2, 0) is 14.4 Å². The fourth-order valence-electron chi connectivity index (χ4n) is 3.44. The summed E-state index contributed by atoms with van der Waals surface area (Å²) in [4.78, 5) is 35.9. The molecular formula is C23H37NO4. The van der Waals surface area contributed by atoms with Crippen LogP contribution in [0.1, 0.15) is 96.8 Å². The van der Waals surface area contributed by atoms with Crippen LogP contribution in [0.2, 0.25) is 0 Å². The van der Waals surface area contributed by atoms with Gasteiger partial charge in [-0.15, -0.1) is 0 Å². The lowest BCUT2D eigenvalue weighted by Crippen LogP contribution is -2.42. The smallest absolute Gasteiger partial charge is 0.326 e. The van der Waals surface area contributed by atoms with Crippen LogP contribution < -0.4 is 0 Å². The maximum absolute atomic E-state index is 12.1. The van der Waals surface area contributed by atoms with E-state index in [9.17, 15) is 14.4 Å². The molecular weight excluding hydrogens is 354 g/mol. The number of hydrogen-bond acceptors (Lipinski definition) is 3. The van der Waals surface area contributed by atoms with Crippen molar-refractivity contribution in [2.45, 2.75) is 103 Å². The van der Waals surface area contributed by atoms with Gasteiger partial charge in [0.05, 0.1) is 0 Å². The van der Waals surface area contributed by atoms with Gasteiger partial charge in [0.2, 0.25) is 11.8 Å². The van der Waals surface area contributed by atoms with E-state index in [0.29, 0.717) is 6.42 Å². The first-order chi connectivity index (χ1) is 13.6. The van der Waals surface area contributed by atoms with Gasteiger partial charge in [-0.05, 0) is 44.9 Å². The summed E-state index contributed by atoms with van der Waals surface area (Å²) >= 11 is 0. The second kappa shape index (κ2) is 15.1. The fourth-order valence-corrected chi connectivity index (χ4v) is 3.44. The number of carbonyl (C=O) groups excluding carboxylic acids is 2. The van der Waals surface area contributed by atoms with E-state index >= 15 is 0 Å². The number of allylic oxidation sites excluding steroid dienone is 4. The summed E-state index contributed by atoms with van der Waals surface area (Å²) in [5.41, 5.74) is 0. The van der Waals surface area contributed by atoms with E-state index in [1.54, 1.807) is 0 Å². The first kappa shape index (κ1) is 24.1. The van der Waals surface area contributed by atoms with Crippen molar-refractivity contribution in [1.29, 1.82) is 0 Å². The van der Waals surface area contributed by atoms with Crippen molar-refractivity contribution in [3.05, 3.63) is 24.3 Å². The van der Waals surface area contributed by atoms with Crippen molar-refractivity contribution >= 4 is 17.8 Å². The molecule has 5 nitrogen and oxygen atoms in total. The zero-order valence-electron chi connectivity index (χ0n) is 17.4. The molecule has 0 aromatic rings. The van der Waals surface area contributed by atoms with Gasteiger partial charge in [-0.3, -0.25) is 14.5 Å². The van der Waals surface area contributed by atoms with Gasteiger partial charge in [-0.2, -0.15) is 0 Å². The van der Waals surface area contributed by atoms with Crippen molar-refractivity contribution < 1.29 is 19.5 Å². The molecule has 1 rings (SSSR count). The Morgan fingerprint density at radius 2 is 1.57 bits per heavy atom. The summed E-state index contributed by atoms with van der Waals surface area (Å²) in [6.07, 6.45) is 21.8. The summed E-state index contributed by atoms with van der Waals surface area (Å²) in [7, 11) is 0. The van der Waals surface area contributed by atoms with E-state index in [4.69, 9.17) is 5.11 Å². The lowest BCUT2D eigenvalue weighted by molar-refractivity contribution is -0.154. The minimum absolute atomic E-state index is 0.158. The highest BCUT2D eigenvalue weighted by atomic mass is 16.4. The SMILES string of the molecule is CCCCC/C=C\C/C=C\CCCCCCCC(=O)N1C(=O)CCC1C(=O)O. The molecule has 1 aliphatic heterocycles. The summed E-state index contributed by atoms with van der Waals surface area (Å²) < 4.78 is 0. The Morgan fingerprint density at radius 3 is 2.21 bits per heavy atom. The quantitative estimate of drug-likeness (QED) is 0.299. The maximum Gasteiger partial charge on any atom is 0.326 e. The first-order valence-corrected chi connectivity index (χ1v) is 11.0. The number of nitrogens with zero attached hydrogens (tertiary/aromatic N) is 1. The Bertz CT molecular complexity index is 539. The number of unbranched alkanes of at least 4 members (excludes halogenated alkanes) is 8. The van der Waals surface area contributed by atoms with Gasteiger partial charge in [-0.1, -0.05) is 63.3 Å². The number of imide groups is 1. The van der Waals surface area contributed by atoms with Crippen molar-refractivity contribution in [2.75, 3.05) is 0 Å². The Kier molecular flexibility index (Phi) is 13.0. The normalized spacial score (nSPS) is 17.2. The second-order valence-corrected chi connectivity index (χ2v) is 7.53. The molecule has 0 saturated carbocycles. The summed E-state index contributed by atoms with van der Waals surface area (Å²) in [5, 5.41) is 9.10. The molecule has 0 spiro atoms. The average molecular weight is 392 g/mol. The van der Waals surface area contributed by atoms with Gasteiger partial charge < -0.3 is 5.11 Å². The maximum atomic E-state index is 12.1. The Hall–Kier alpha value is -1.91. The van der Waals surface area contributed by atoms with Crippen LogP contribution in [-0.4, -0.2) is 33.8 Å². The molecule has 1 atom stereocenters. The standard InChI is InChI=1S/C23H37NO4/c1-2-3-4-5-6-7-8-9-10-11-12-13-14-15-16-17-21(25)24-20(23(27)28)18-19-22(24)26/h6-7,9-10,20H,2-5,8,11-19H2,1H3,(H,27,28)/b7-6-,10-9-. The fraction of sp³-hybridized carbons (Fsp3) is 0.696. The third kappa shape index (κ3) is 9.86. The van der Waals surface area contributed by atoms with Gasteiger partial charge in [0, 0.05) is 12.8 Å². The average Bonchev–Trinajstić information content (AvgIpc) is 3.06. The van der Waals surface area contributed by atoms with Crippen LogP contribution in [0.5, 0.6) is 0 Å². The molecule has 1 saturated heterocycles. The monoisotopic (exact) mass is 391 g/mol. The lowest BCUT2D eigenvalue weighted by Gasteiger charge is -2.19. The van der Waals surface area contributed by atoms with Gasteiger partial charge >= 0.3 is 5.97 Å². The number of hydrogen-bond donors (Lipinski definition) is 1. The number of carboxylic acid groups (broad SMARTS) is 1. The molecule has 158 valence electrons.